The highest BCUT2D eigenvalue weighted by Gasteiger charge is 2.24. The van der Waals surface area contributed by atoms with Crippen LogP contribution in [0.5, 0.6) is 0 Å². The zero-order valence-corrected chi connectivity index (χ0v) is 22.3. The van der Waals surface area contributed by atoms with E-state index in [4.69, 9.17) is 33.9 Å². The first-order valence-corrected chi connectivity index (χ1v) is 13.3. The summed E-state index contributed by atoms with van der Waals surface area (Å²) in [6.45, 7) is 3.13. The summed E-state index contributed by atoms with van der Waals surface area (Å²) in [4.78, 5) is 22.2. The van der Waals surface area contributed by atoms with Gasteiger partial charge in [-0.3, -0.25) is 14.7 Å². The highest BCUT2D eigenvalue weighted by atomic mass is 35.5. The number of aromatic nitrogens is 1. The van der Waals surface area contributed by atoms with E-state index in [1.807, 2.05) is 79.8 Å². The van der Waals surface area contributed by atoms with Crippen LogP contribution in [0.2, 0.25) is 10.0 Å². The molecular formula is C30H30Cl2N4O. The quantitative estimate of drug-likeness (QED) is 0.298. The number of likely N-dealkylation sites (N-methyl/N-ethyl adjacent to an activating group) is 1. The Balaban J connectivity index is 1.33. The van der Waals surface area contributed by atoms with Crippen LogP contribution < -0.4 is 5.73 Å². The number of fused-ring (bicyclic) bond motifs is 2. The molecule has 4 aromatic rings. The van der Waals surface area contributed by atoms with Crippen molar-refractivity contribution in [2.75, 3.05) is 32.4 Å². The van der Waals surface area contributed by atoms with Crippen LogP contribution in [0.15, 0.2) is 72.8 Å². The van der Waals surface area contributed by atoms with Crippen molar-refractivity contribution in [3.05, 3.63) is 105 Å². The van der Waals surface area contributed by atoms with Crippen LogP contribution in [0.4, 0.5) is 5.69 Å². The Morgan fingerprint density at radius 3 is 2.59 bits per heavy atom. The largest absolute Gasteiger partial charge is 0.398 e. The molecule has 1 aliphatic heterocycles. The molecule has 1 atom stereocenters. The SMILES string of the molecule is CN(CC(CCN1CCc2nc3ccccc3c(N)c2C1)c1ccc(Cl)c(Cl)c1)C(=O)c1ccccc1. The lowest BCUT2D eigenvalue weighted by Crippen LogP contribution is -2.35. The van der Waals surface area contributed by atoms with Gasteiger partial charge in [0.1, 0.15) is 0 Å². The molecule has 1 amide bonds. The monoisotopic (exact) mass is 532 g/mol. The number of benzene rings is 3. The third kappa shape index (κ3) is 5.59. The maximum absolute atomic E-state index is 13.1. The number of para-hydroxylation sites is 1. The van der Waals surface area contributed by atoms with Crippen molar-refractivity contribution in [3.63, 3.8) is 0 Å². The van der Waals surface area contributed by atoms with Crippen molar-refractivity contribution in [1.29, 1.82) is 0 Å². The Morgan fingerprint density at radius 2 is 1.81 bits per heavy atom. The Kier molecular flexibility index (Phi) is 7.65. The molecule has 0 fully saturated rings. The number of nitrogens with two attached hydrogens (primary N) is 1. The summed E-state index contributed by atoms with van der Waals surface area (Å²) in [5.74, 6) is 0.101. The number of nitrogens with zero attached hydrogens (tertiary/aromatic N) is 3. The Bertz CT molecular complexity index is 1430. The Labute approximate surface area is 227 Å². The second-order valence-electron chi connectivity index (χ2n) is 9.70. The van der Waals surface area contributed by atoms with Crippen molar-refractivity contribution >= 4 is 45.7 Å². The standard InChI is InChI=1S/C30H30Cl2N4O/c1-35(30(37)20-7-3-2-4-8-20)18-22(21-11-12-25(31)26(32)17-21)13-15-36-16-14-28-24(19-36)29(33)23-9-5-6-10-27(23)34-28/h2-12,17,22H,13-16,18-19H2,1H3,(H2,33,34). The molecule has 0 aliphatic carbocycles. The van der Waals surface area contributed by atoms with Gasteiger partial charge in [0.05, 0.1) is 15.6 Å². The molecule has 0 saturated heterocycles. The molecule has 5 nitrogen and oxygen atoms in total. The van der Waals surface area contributed by atoms with E-state index in [0.29, 0.717) is 22.2 Å². The van der Waals surface area contributed by atoms with Crippen LogP contribution in [-0.4, -0.2) is 47.4 Å². The number of hydrogen-bond acceptors (Lipinski definition) is 4. The third-order valence-electron chi connectivity index (χ3n) is 7.24. The average Bonchev–Trinajstić information content (AvgIpc) is 2.93. The molecule has 1 aliphatic rings. The van der Waals surface area contributed by atoms with E-state index >= 15 is 0 Å². The molecule has 0 radical (unpaired) electrons. The molecule has 0 spiro atoms. The van der Waals surface area contributed by atoms with Gasteiger partial charge in [-0.25, -0.2) is 0 Å². The molecule has 1 aromatic heterocycles. The molecule has 1 unspecified atom stereocenters. The van der Waals surface area contributed by atoms with Gasteiger partial charge in [0.2, 0.25) is 0 Å². The zero-order valence-electron chi connectivity index (χ0n) is 20.8. The van der Waals surface area contributed by atoms with Gasteiger partial charge in [0, 0.05) is 66.9 Å². The first kappa shape index (κ1) is 25.5. The number of pyridine rings is 1. The molecule has 7 heteroatoms. The summed E-state index contributed by atoms with van der Waals surface area (Å²) in [7, 11) is 1.86. The van der Waals surface area contributed by atoms with Crippen molar-refractivity contribution in [2.24, 2.45) is 0 Å². The fourth-order valence-electron chi connectivity index (χ4n) is 5.15. The molecule has 37 heavy (non-hydrogen) atoms. The van der Waals surface area contributed by atoms with E-state index in [1.54, 1.807) is 4.90 Å². The molecule has 0 bridgehead atoms. The van der Waals surface area contributed by atoms with E-state index in [-0.39, 0.29) is 11.8 Å². The van der Waals surface area contributed by atoms with Gasteiger partial charge in [0.15, 0.2) is 0 Å². The van der Waals surface area contributed by atoms with Crippen LogP contribution in [-0.2, 0) is 13.0 Å². The first-order valence-electron chi connectivity index (χ1n) is 12.5. The fraction of sp³-hybridized carbons (Fsp3) is 0.267. The lowest BCUT2D eigenvalue weighted by Gasteiger charge is -2.32. The zero-order chi connectivity index (χ0) is 25.9. The number of rotatable bonds is 7. The minimum Gasteiger partial charge on any atom is -0.398 e. The molecule has 0 saturated carbocycles. The van der Waals surface area contributed by atoms with Crippen molar-refractivity contribution < 1.29 is 4.79 Å². The molecular weight excluding hydrogens is 503 g/mol. The third-order valence-corrected chi connectivity index (χ3v) is 7.98. The highest BCUT2D eigenvalue weighted by molar-refractivity contribution is 6.42. The Morgan fingerprint density at radius 1 is 1.05 bits per heavy atom. The molecule has 2 heterocycles. The van der Waals surface area contributed by atoms with Gasteiger partial charge < -0.3 is 10.6 Å². The number of anilines is 1. The number of halogens is 2. The van der Waals surface area contributed by atoms with E-state index < -0.39 is 0 Å². The minimum absolute atomic E-state index is 0.00304. The summed E-state index contributed by atoms with van der Waals surface area (Å²) >= 11 is 12.6. The smallest absolute Gasteiger partial charge is 0.253 e. The average molecular weight is 534 g/mol. The second kappa shape index (κ2) is 11.1. The van der Waals surface area contributed by atoms with E-state index in [2.05, 4.69) is 4.90 Å². The first-order chi connectivity index (χ1) is 17.9. The van der Waals surface area contributed by atoms with E-state index in [1.165, 1.54) is 0 Å². The van der Waals surface area contributed by atoms with Crippen molar-refractivity contribution in [2.45, 2.75) is 25.3 Å². The van der Waals surface area contributed by atoms with Gasteiger partial charge in [-0.15, -0.1) is 0 Å². The van der Waals surface area contributed by atoms with Crippen LogP contribution in [0.3, 0.4) is 0 Å². The normalized spacial score (nSPS) is 14.4. The van der Waals surface area contributed by atoms with Crippen LogP contribution >= 0.6 is 23.2 Å². The molecule has 5 rings (SSSR count). The molecule has 190 valence electrons. The summed E-state index contributed by atoms with van der Waals surface area (Å²) in [5, 5.41) is 2.07. The number of amides is 1. The number of hydrogen-bond donors (Lipinski definition) is 1. The van der Waals surface area contributed by atoms with Crippen molar-refractivity contribution in [3.8, 4) is 0 Å². The van der Waals surface area contributed by atoms with Gasteiger partial charge in [-0.2, -0.15) is 0 Å². The summed E-state index contributed by atoms with van der Waals surface area (Å²) in [5.41, 5.74) is 12.4. The maximum Gasteiger partial charge on any atom is 0.253 e. The topological polar surface area (TPSA) is 62.5 Å². The van der Waals surface area contributed by atoms with Gasteiger partial charge in [-0.05, 0) is 48.9 Å². The molecule has 2 N–H and O–H groups in total. The summed E-state index contributed by atoms with van der Waals surface area (Å²) in [6, 6.07) is 23.2. The van der Waals surface area contributed by atoms with Gasteiger partial charge in [-0.1, -0.05) is 65.7 Å². The number of carbonyl (C=O) groups excluding carboxylic acids is 1. The van der Waals surface area contributed by atoms with Gasteiger partial charge >= 0.3 is 0 Å². The fourth-order valence-corrected chi connectivity index (χ4v) is 5.46. The Hall–Kier alpha value is -3.12. The predicted octanol–water partition coefficient (Wildman–Crippen LogP) is 6.43. The number of carbonyl (C=O) groups is 1. The van der Waals surface area contributed by atoms with Gasteiger partial charge in [0.25, 0.3) is 5.91 Å². The highest BCUT2D eigenvalue weighted by Crippen LogP contribution is 2.32. The van der Waals surface area contributed by atoms with E-state index in [0.717, 1.165) is 65.9 Å². The second-order valence-corrected chi connectivity index (χ2v) is 10.5. The minimum atomic E-state index is 0.00304. The van der Waals surface area contributed by atoms with Crippen LogP contribution in [0.1, 0.15) is 39.5 Å². The van der Waals surface area contributed by atoms with Crippen molar-refractivity contribution in [1.82, 2.24) is 14.8 Å². The lowest BCUT2D eigenvalue weighted by molar-refractivity contribution is 0.0782. The van der Waals surface area contributed by atoms with Crippen LogP contribution in [0.25, 0.3) is 10.9 Å². The summed E-state index contributed by atoms with van der Waals surface area (Å²) < 4.78 is 0. The maximum atomic E-state index is 13.1. The van der Waals surface area contributed by atoms with E-state index in [9.17, 15) is 4.79 Å². The lowest BCUT2D eigenvalue weighted by atomic mass is 9.93. The number of nitrogen functional groups attached to an aromatic ring is 1. The van der Waals surface area contributed by atoms with Crippen LogP contribution in [0, 0.1) is 0 Å². The predicted molar refractivity (Wildman–Crippen MR) is 152 cm³/mol. The summed E-state index contributed by atoms with van der Waals surface area (Å²) in [6.07, 6.45) is 1.73. The molecule has 3 aromatic carbocycles.